The van der Waals surface area contributed by atoms with Crippen LogP contribution in [0.1, 0.15) is 24.0 Å². The Bertz CT molecular complexity index is 731. The largest absolute Gasteiger partial charge is 0.381 e. The zero-order valence-electron chi connectivity index (χ0n) is 16.3. The van der Waals surface area contributed by atoms with Gasteiger partial charge in [0.1, 0.15) is 0 Å². The first-order valence-electron chi connectivity index (χ1n) is 9.54. The number of nitrogens with one attached hydrogen (secondary N) is 2. The average molecular weight is 514 g/mol. The van der Waals surface area contributed by atoms with Crippen LogP contribution in [0.5, 0.6) is 0 Å². The molecule has 2 aromatic carbocycles. The number of hydrogen-bond acceptors (Lipinski definition) is 2. The number of halogens is 2. The van der Waals surface area contributed by atoms with E-state index in [1.807, 2.05) is 19.2 Å². The molecule has 3 rings (SSSR count). The number of nitrogens with zero attached hydrogens (tertiary/aromatic N) is 1. The predicted molar refractivity (Wildman–Crippen MR) is 128 cm³/mol. The highest BCUT2D eigenvalue weighted by molar-refractivity contribution is 14.0. The van der Waals surface area contributed by atoms with Gasteiger partial charge in [-0.05, 0) is 42.5 Å². The van der Waals surface area contributed by atoms with Crippen molar-refractivity contribution in [3.05, 3.63) is 70.7 Å². The Morgan fingerprint density at radius 3 is 2.36 bits per heavy atom. The summed E-state index contributed by atoms with van der Waals surface area (Å²) < 4.78 is 5.62. The van der Waals surface area contributed by atoms with E-state index in [9.17, 15) is 0 Å². The van der Waals surface area contributed by atoms with Crippen LogP contribution in [0, 0.1) is 0 Å². The highest BCUT2D eigenvalue weighted by atomic mass is 127. The SMILES string of the molecule is CN=C(NCCc1ccc(Cl)cc1)NCC1(c2ccccc2)CCOCC1.I. The van der Waals surface area contributed by atoms with Crippen molar-refractivity contribution in [2.45, 2.75) is 24.7 Å². The second-order valence-electron chi connectivity index (χ2n) is 6.99. The summed E-state index contributed by atoms with van der Waals surface area (Å²) in [6, 6.07) is 18.7. The topological polar surface area (TPSA) is 45.7 Å². The molecule has 0 aromatic heterocycles. The molecule has 0 saturated carbocycles. The summed E-state index contributed by atoms with van der Waals surface area (Å²) in [5.74, 6) is 0.839. The Kier molecular flexibility index (Phi) is 9.55. The minimum atomic E-state index is 0. The number of benzene rings is 2. The Hall–Kier alpha value is -1.31. The lowest BCUT2D eigenvalue weighted by Crippen LogP contribution is -2.48. The number of rotatable bonds is 6. The van der Waals surface area contributed by atoms with Gasteiger partial charge in [-0.3, -0.25) is 4.99 Å². The molecule has 1 aliphatic rings. The quantitative estimate of drug-likeness (QED) is 0.342. The van der Waals surface area contributed by atoms with E-state index in [0.717, 1.165) is 56.5 Å². The molecule has 2 N–H and O–H groups in total. The van der Waals surface area contributed by atoms with Crippen LogP contribution < -0.4 is 10.6 Å². The fraction of sp³-hybridized carbons (Fsp3) is 0.409. The van der Waals surface area contributed by atoms with Gasteiger partial charge in [0.2, 0.25) is 0 Å². The molecule has 0 bridgehead atoms. The van der Waals surface area contributed by atoms with Gasteiger partial charge in [0.15, 0.2) is 5.96 Å². The molecule has 0 spiro atoms. The second kappa shape index (κ2) is 11.6. The Labute approximate surface area is 190 Å². The number of ether oxygens (including phenoxy) is 1. The fourth-order valence-corrected chi connectivity index (χ4v) is 3.70. The van der Waals surface area contributed by atoms with Gasteiger partial charge in [-0.15, -0.1) is 24.0 Å². The van der Waals surface area contributed by atoms with Gasteiger partial charge in [-0.1, -0.05) is 54.1 Å². The monoisotopic (exact) mass is 513 g/mol. The standard InChI is InChI=1S/C22H28ClN3O.HI/c1-24-21(25-14-11-18-7-9-20(23)10-8-18)26-17-22(12-15-27-16-13-22)19-5-3-2-4-6-19;/h2-10H,11-17H2,1H3,(H2,24,25,26);1H. The van der Waals surface area contributed by atoms with Gasteiger partial charge < -0.3 is 15.4 Å². The highest BCUT2D eigenvalue weighted by Crippen LogP contribution is 2.34. The van der Waals surface area contributed by atoms with Crippen molar-refractivity contribution in [1.29, 1.82) is 0 Å². The normalized spacial score (nSPS) is 16.1. The lowest BCUT2D eigenvalue weighted by atomic mass is 9.74. The van der Waals surface area contributed by atoms with E-state index < -0.39 is 0 Å². The average Bonchev–Trinajstić information content (AvgIpc) is 2.73. The van der Waals surface area contributed by atoms with Crippen LogP contribution in [-0.4, -0.2) is 39.3 Å². The highest BCUT2D eigenvalue weighted by Gasteiger charge is 2.34. The predicted octanol–water partition coefficient (Wildman–Crippen LogP) is 4.41. The van der Waals surface area contributed by atoms with Gasteiger partial charge in [0, 0.05) is 43.8 Å². The smallest absolute Gasteiger partial charge is 0.191 e. The van der Waals surface area contributed by atoms with Gasteiger partial charge in [-0.25, -0.2) is 0 Å². The van der Waals surface area contributed by atoms with Crippen molar-refractivity contribution in [2.75, 3.05) is 33.4 Å². The molecule has 1 saturated heterocycles. The Balaban J connectivity index is 0.00000280. The van der Waals surface area contributed by atoms with E-state index in [1.54, 1.807) is 0 Å². The molecule has 1 aliphatic heterocycles. The molecule has 6 heteroatoms. The summed E-state index contributed by atoms with van der Waals surface area (Å²) in [5, 5.41) is 7.72. The summed E-state index contributed by atoms with van der Waals surface area (Å²) in [4.78, 5) is 4.38. The van der Waals surface area contributed by atoms with Gasteiger partial charge in [-0.2, -0.15) is 0 Å². The molecule has 0 aliphatic carbocycles. The first-order valence-corrected chi connectivity index (χ1v) is 9.92. The molecule has 2 aromatic rings. The molecule has 0 unspecified atom stereocenters. The van der Waals surface area contributed by atoms with Gasteiger partial charge in [0.05, 0.1) is 0 Å². The Morgan fingerprint density at radius 2 is 1.71 bits per heavy atom. The van der Waals surface area contributed by atoms with E-state index in [1.165, 1.54) is 11.1 Å². The van der Waals surface area contributed by atoms with Crippen LogP contribution in [0.25, 0.3) is 0 Å². The van der Waals surface area contributed by atoms with Crippen molar-refractivity contribution >= 4 is 41.5 Å². The fourth-order valence-electron chi connectivity index (χ4n) is 3.57. The first kappa shape index (κ1) is 23.0. The minimum Gasteiger partial charge on any atom is -0.381 e. The molecule has 0 radical (unpaired) electrons. The number of hydrogen-bond donors (Lipinski definition) is 2. The zero-order valence-corrected chi connectivity index (χ0v) is 19.4. The van der Waals surface area contributed by atoms with Crippen LogP contribution in [0.4, 0.5) is 0 Å². The lowest BCUT2D eigenvalue weighted by Gasteiger charge is -2.38. The third kappa shape index (κ3) is 6.36. The van der Waals surface area contributed by atoms with E-state index in [-0.39, 0.29) is 29.4 Å². The van der Waals surface area contributed by atoms with Crippen LogP contribution in [0.15, 0.2) is 59.6 Å². The van der Waals surface area contributed by atoms with E-state index in [4.69, 9.17) is 16.3 Å². The maximum absolute atomic E-state index is 5.94. The summed E-state index contributed by atoms with van der Waals surface area (Å²) >= 11 is 5.94. The van der Waals surface area contributed by atoms with Gasteiger partial charge in [0.25, 0.3) is 0 Å². The molecule has 0 atom stereocenters. The van der Waals surface area contributed by atoms with E-state index in [0.29, 0.717) is 0 Å². The summed E-state index contributed by atoms with van der Waals surface area (Å²) in [5.41, 5.74) is 2.72. The zero-order chi connectivity index (χ0) is 19.0. The number of guanidine groups is 1. The number of aliphatic imine (C=N–C) groups is 1. The van der Waals surface area contributed by atoms with E-state index in [2.05, 4.69) is 58.1 Å². The summed E-state index contributed by atoms with van der Waals surface area (Å²) in [6.45, 7) is 3.28. The lowest BCUT2D eigenvalue weighted by molar-refractivity contribution is 0.0514. The molecule has 1 fully saturated rings. The van der Waals surface area contributed by atoms with Crippen molar-refractivity contribution in [2.24, 2.45) is 4.99 Å². The molecule has 4 nitrogen and oxygen atoms in total. The van der Waals surface area contributed by atoms with Crippen molar-refractivity contribution < 1.29 is 4.74 Å². The van der Waals surface area contributed by atoms with Crippen molar-refractivity contribution in [1.82, 2.24) is 10.6 Å². The van der Waals surface area contributed by atoms with Gasteiger partial charge >= 0.3 is 0 Å². The van der Waals surface area contributed by atoms with Crippen LogP contribution in [0.2, 0.25) is 5.02 Å². The molecule has 28 heavy (non-hydrogen) atoms. The second-order valence-corrected chi connectivity index (χ2v) is 7.42. The van der Waals surface area contributed by atoms with Crippen molar-refractivity contribution in [3.63, 3.8) is 0 Å². The molecule has 1 heterocycles. The maximum Gasteiger partial charge on any atom is 0.191 e. The van der Waals surface area contributed by atoms with Crippen LogP contribution in [0.3, 0.4) is 0 Å². The molecular formula is C22H29ClIN3O. The molecule has 0 amide bonds. The summed E-state index contributed by atoms with van der Waals surface area (Å²) in [7, 11) is 1.82. The van der Waals surface area contributed by atoms with Crippen molar-refractivity contribution in [3.8, 4) is 0 Å². The summed E-state index contributed by atoms with van der Waals surface area (Å²) in [6.07, 6.45) is 2.97. The maximum atomic E-state index is 5.94. The Morgan fingerprint density at radius 1 is 1.04 bits per heavy atom. The first-order chi connectivity index (χ1) is 13.2. The molecule has 152 valence electrons. The van der Waals surface area contributed by atoms with Crippen LogP contribution >= 0.6 is 35.6 Å². The van der Waals surface area contributed by atoms with Crippen LogP contribution in [-0.2, 0) is 16.6 Å². The van der Waals surface area contributed by atoms with E-state index >= 15 is 0 Å². The third-order valence-corrected chi connectivity index (χ3v) is 5.53. The molecular weight excluding hydrogens is 485 g/mol. The third-order valence-electron chi connectivity index (χ3n) is 5.27. The minimum absolute atomic E-state index is 0.